The highest BCUT2D eigenvalue weighted by atomic mass is 32.1. The fourth-order valence-corrected chi connectivity index (χ4v) is 2.80. The summed E-state index contributed by atoms with van der Waals surface area (Å²) < 4.78 is 0. The monoisotopic (exact) mass is 239 g/mol. The number of likely N-dealkylation sites (tertiary alicyclic amines) is 1. The molecule has 3 nitrogen and oxygen atoms in total. The molecule has 0 aliphatic carbocycles. The van der Waals surface area contributed by atoms with E-state index < -0.39 is 0 Å². The molecule has 1 aromatic heterocycles. The average Bonchev–Trinajstić information content (AvgIpc) is 2.87. The predicted molar refractivity (Wildman–Crippen MR) is 68.8 cm³/mol. The average molecular weight is 239 g/mol. The van der Waals surface area contributed by atoms with Gasteiger partial charge in [-0.25, -0.2) is 4.98 Å². The molecule has 1 aliphatic rings. The summed E-state index contributed by atoms with van der Waals surface area (Å²) in [5.41, 5.74) is 1.18. The van der Waals surface area contributed by atoms with Crippen LogP contribution in [0.1, 0.15) is 30.5 Å². The van der Waals surface area contributed by atoms with Crippen molar-refractivity contribution in [1.82, 2.24) is 15.2 Å². The van der Waals surface area contributed by atoms with Crippen molar-refractivity contribution >= 4 is 11.3 Å². The number of nitrogens with one attached hydrogen (secondary N) is 1. The number of thiazole rings is 1. The molecule has 90 valence electrons. The van der Waals surface area contributed by atoms with Crippen LogP contribution in [0.4, 0.5) is 0 Å². The first-order valence-corrected chi connectivity index (χ1v) is 6.99. The standard InChI is InChI=1S/C12H21N3S/c1-10(8-15-5-3-4-6-15)13-7-12-9-16-11(2)14-12/h9-10,13H,3-8H2,1-2H3. The number of nitrogens with zero attached hydrogens (tertiary/aromatic N) is 2. The predicted octanol–water partition coefficient (Wildman–Crippen LogP) is 2.03. The summed E-state index contributed by atoms with van der Waals surface area (Å²) in [7, 11) is 0. The fourth-order valence-electron chi connectivity index (χ4n) is 2.19. The van der Waals surface area contributed by atoms with Crippen LogP contribution in [0.3, 0.4) is 0 Å². The molecule has 0 spiro atoms. The summed E-state index contributed by atoms with van der Waals surface area (Å²) >= 11 is 1.73. The van der Waals surface area contributed by atoms with Gasteiger partial charge in [0.25, 0.3) is 0 Å². The SMILES string of the molecule is Cc1nc(CNC(C)CN2CCCC2)cs1. The molecular formula is C12H21N3S. The molecule has 2 heterocycles. The molecule has 0 radical (unpaired) electrons. The third-order valence-electron chi connectivity index (χ3n) is 3.03. The van der Waals surface area contributed by atoms with E-state index >= 15 is 0 Å². The number of rotatable bonds is 5. The van der Waals surface area contributed by atoms with Gasteiger partial charge in [0.1, 0.15) is 0 Å². The Morgan fingerprint density at radius 1 is 1.50 bits per heavy atom. The van der Waals surface area contributed by atoms with Crippen LogP contribution in [0.15, 0.2) is 5.38 Å². The van der Waals surface area contributed by atoms with Gasteiger partial charge in [-0.1, -0.05) is 0 Å². The van der Waals surface area contributed by atoms with Gasteiger partial charge < -0.3 is 10.2 Å². The quantitative estimate of drug-likeness (QED) is 0.852. The zero-order chi connectivity index (χ0) is 11.4. The molecule has 2 rings (SSSR count). The first-order chi connectivity index (χ1) is 7.74. The Hall–Kier alpha value is -0.450. The van der Waals surface area contributed by atoms with Crippen LogP contribution in [0, 0.1) is 6.92 Å². The third-order valence-corrected chi connectivity index (χ3v) is 3.85. The zero-order valence-electron chi connectivity index (χ0n) is 10.2. The Morgan fingerprint density at radius 2 is 2.25 bits per heavy atom. The molecular weight excluding hydrogens is 218 g/mol. The maximum Gasteiger partial charge on any atom is 0.0897 e. The molecule has 1 aliphatic heterocycles. The van der Waals surface area contributed by atoms with E-state index in [1.165, 1.54) is 38.2 Å². The molecule has 1 atom stereocenters. The van der Waals surface area contributed by atoms with Crippen molar-refractivity contribution < 1.29 is 0 Å². The largest absolute Gasteiger partial charge is 0.307 e. The van der Waals surface area contributed by atoms with Gasteiger partial charge in [0.05, 0.1) is 10.7 Å². The molecule has 0 bridgehead atoms. The topological polar surface area (TPSA) is 28.2 Å². The minimum absolute atomic E-state index is 0.556. The third kappa shape index (κ3) is 3.54. The Balaban J connectivity index is 1.68. The maximum atomic E-state index is 4.46. The van der Waals surface area contributed by atoms with E-state index in [0.29, 0.717) is 6.04 Å². The maximum absolute atomic E-state index is 4.46. The lowest BCUT2D eigenvalue weighted by Gasteiger charge is -2.20. The second-order valence-electron chi connectivity index (χ2n) is 4.65. The van der Waals surface area contributed by atoms with Crippen molar-refractivity contribution in [1.29, 1.82) is 0 Å². The van der Waals surface area contributed by atoms with Gasteiger partial charge in [-0.15, -0.1) is 11.3 Å². The molecule has 1 unspecified atom stereocenters. The van der Waals surface area contributed by atoms with Crippen molar-refractivity contribution in [3.8, 4) is 0 Å². The van der Waals surface area contributed by atoms with Crippen LogP contribution in [0.25, 0.3) is 0 Å². The van der Waals surface area contributed by atoms with E-state index in [4.69, 9.17) is 0 Å². The molecule has 1 fully saturated rings. The highest BCUT2D eigenvalue weighted by Crippen LogP contribution is 2.09. The van der Waals surface area contributed by atoms with E-state index in [-0.39, 0.29) is 0 Å². The number of hydrogen-bond acceptors (Lipinski definition) is 4. The highest BCUT2D eigenvalue weighted by molar-refractivity contribution is 7.09. The van der Waals surface area contributed by atoms with Gasteiger partial charge in [-0.05, 0) is 39.8 Å². The second kappa shape index (κ2) is 5.75. The van der Waals surface area contributed by atoms with Gasteiger partial charge in [0.2, 0.25) is 0 Å². The molecule has 16 heavy (non-hydrogen) atoms. The van der Waals surface area contributed by atoms with Gasteiger partial charge in [-0.3, -0.25) is 0 Å². The summed E-state index contributed by atoms with van der Waals surface area (Å²) in [6.45, 7) is 8.95. The normalized spacial score (nSPS) is 19.1. The Labute approximate surface area is 102 Å². The van der Waals surface area contributed by atoms with Crippen molar-refractivity contribution in [2.24, 2.45) is 0 Å². The molecule has 0 aromatic carbocycles. The summed E-state index contributed by atoms with van der Waals surface area (Å²) in [5.74, 6) is 0. The molecule has 1 saturated heterocycles. The molecule has 4 heteroatoms. The summed E-state index contributed by atoms with van der Waals surface area (Å²) in [6, 6.07) is 0.556. The zero-order valence-corrected chi connectivity index (χ0v) is 11.0. The second-order valence-corrected chi connectivity index (χ2v) is 5.71. The van der Waals surface area contributed by atoms with E-state index in [1.54, 1.807) is 11.3 Å². The molecule has 0 saturated carbocycles. The van der Waals surface area contributed by atoms with Crippen LogP contribution >= 0.6 is 11.3 Å². The number of aromatic nitrogens is 1. The van der Waals surface area contributed by atoms with E-state index in [9.17, 15) is 0 Å². The van der Waals surface area contributed by atoms with E-state index in [0.717, 1.165) is 11.6 Å². The van der Waals surface area contributed by atoms with Crippen LogP contribution in [-0.2, 0) is 6.54 Å². The highest BCUT2D eigenvalue weighted by Gasteiger charge is 2.14. The Kier molecular flexibility index (Phi) is 4.32. The lowest BCUT2D eigenvalue weighted by molar-refractivity contribution is 0.298. The Bertz CT molecular complexity index is 318. The lowest BCUT2D eigenvalue weighted by atomic mass is 10.3. The Morgan fingerprint density at radius 3 is 2.88 bits per heavy atom. The molecule has 1 aromatic rings. The minimum Gasteiger partial charge on any atom is -0.307 e. The van der Waals surface area contributed by atoms with Crippen LogP contribution in [-0.4, -0.2) is 35.6 Å². The van der Waals surface area contributed by atoms with Crippen LogP contribution in [0.5, 0.6) is 0 Å². The van der Waals surface area contributed by atoms with Gasteiger partial charge in [0.15, 0.2) is 0 Å². The van der Waals surface area contributed by atoms with Gasteiger partial charge in [-0.2, -0.15) is 0 Å². The van der Waals surface area contributed by atoms with Gasteiger partial charge in [0, 0.05) is 24.5 Å². The fraction of sp³-hybridized carbons (Fsp3) is 0.750. The lowest BCUT2D eigenvalue weighted by Crippen LogP contribution is -2.37. The van der Waals surface area contributed by atoms with Crippen molar-refractivity contribution in [3.05, 3.63) is 16.1 Å². The van der Waals surface area contributed by atoms with E-state index in [1.807, 2.05) is 0 Å². The smallest absolute Gasteiger partial charge is 0.0897 e. The van der Waals surface area contributed by atoms with Crippen molar-refractivity contribution in [2.75, 3.05) is 19.6 Å². The van der Waals surface area contributed by atoms with Crippen LogP contribution < -0.4 is 5.32 Å². The summed E-state index contributed by atoms with van der Waals surface area (Å²) in [4.78, 5) is 7.00. The van der Waals surface area contributed by atoms with Crippen molar-refractivity contribution in [2.45, 2.75) is 39.3 Å². The van der Waals surface area contributed by atoms with Crippen LogP contribution in [0.2, 0.25) is 0 Å². The number of aryl methyl sites for hydroxylation is 1. The summed E-state index contributed by atoms with van der Waals surface area (Å²) in [6.07, 6.45) is 2.75. The van der Waals surface area contributed by atoms with Crippen molar-refractivity contribution in [3.63, 3.8) is 0 Å². The first-order valence-electron chi connectivity index (χ1n) is 6.11. The minimum atomic E-state index is 0.556. The van der Waals surface area contributed by atoms with E-state index in [2.05, 4.69) is 34.4 Å². The molecule has 0 amide bonds. The number of hydrogen-bond donors (Lipinski definition) is 1. The summed E-state index contributed by atoms with van der Waals surface area (Å²) in [5, 5.41) is 6.84. The first kappa shape index (κ1) is 12.0. The molecule has 1 N–H and O–H groups in total. The van der Waals surface area contributed by atoms with Gasteiger partial charge >= 0.3 is 0 Å².